The van der Waals surface area contributed by atoms with Gasteiger partial charge in [-0.05, 0) is 43.4 Å². The minimum atomic E-state index is -0.769. The molecule has 1 aromatic carbocycles. The summed E-state index contributed by atoms with van der Waals surface area (Å²) in [5.74, 6) is -1.14. The van der Waals surface area contributed by atoms with E-state index in [9.17, 15) is 9.59 Å². The fourth-order valence-corrected chi connectivity index (χ4v) is 3.17. The van der Waals surface area contributed by atoms with Crippen LogP contribution in [0.3, 0.4) is 0 Å². The number of benzene rings is 1. The molecule has 2 rings (SSSR count). The number of hydrogen-bond donors (Lipinski definition) is 2. The van der Waals surface area contributed by atoms with Crippen molar-refractivity contribution in [3.63, 3.8) is 0 Å². The van der Waals surface area contributed by atoms with Crippen LogP contribution in [0.1, 0.15) is 38.7 Å². The molecule has 120 valence electrons. The largest absolute Gasteiger partial charge is 0.481 e. The summed E-state index contributed by atoms with van der Waals surface area (Å²) in [6.07, 6.45) is 2.48. The molecule has 0 spiro atoms. The lowest BCUT2D eigenvalue weighted by atomic mass is 9.84. The van der Waals surface area contributed by atoms with Gasteiger partial charge in [0.2, 0.25) is 5.91 Å². The van der Waals surface area contributed by atoms with Crippen molar-refractivity contribution in [2.75, 3.05) is 0 Å². The number of carboxylic acid groups (broad SMARTS) is 1. The van der Waals surface area contributed by atoms with E-state index in [0.717, 1.165) is 12.0 Å². The standard InChI is InChI=1S/C17H22ClNO3/c1-17(2,10-11-4-3-5-13(18)8-11)16(22)19-14-7-6-12(9-14)15(20)21/h3-5,8,12,14H,6-7,9-10H2,1-2H3,(H,19,22)(H,20,21)/t12-,14+/m1/s1. The average molecular weight is 324 g/mol. The van der Waals surface area contributed by atoms with E-state index in [1.54, 1.807) is 0 Å². The highest BCUT2D eigenvalue weighted by Crippen LogP contribution is 2.28. The van der Waals surface area contributed by atoms with E-state index >= 15 is 0 Å². The molecule has 2 N–H and O–H groups in total. The van der Waals surface area contributed by atoms with Gasteiger partial charge in [0, 0.05) is 16.5 Å². The lowest BCUT2D eigenvalue weighted by molar-refractivity contribution is -0.141. The summed E-state index contributed by atoms with van der Waals surface area (Å²) in [7, 11) is 0. The number of amides is 1. The van der Waals surface area contributed by atoms with Crippen molar-refractivity contribution in [3.8, 4) is 0 Å². The molecule has 0 unspecified atom stereocenters. The van der Waals surface area contributed by atoms with Gasteiger partial charge in [0.25, 0.3) is 0 Å². The van der Waals surface area contributed by atoms with Gasteiger partial charge in [-0.15, -0.1) is 0 Å². The molecule has 0 bridgehead atoms. The summed E-state index contributed by atoms with van der Waals surface area (Å²) in [5, 5.41) is 12.7. The van der Waals surface area contributed by atoms with Gasteiger partial charge in [-0.3, -0.25) is 9.59 Å². The molecule has 0 radical (unpaired) electrons. The van der Waals surface area contributed by atoms with Crippen molar-refractivity contribution >= 4 is 23.5 Å². The van der Waals surface area contributed by atoms with Gasteiger partial charge in [0.15, 0.2) is 0 Å². The summed E-state index contributed by atoms with van der Waals surface area (Å²) in [5.41, 5.74) is 0.453. The maximum absolute atomic E-state index is 12.5. The van der Waals surface area contributed by atoms with E-state index in [0.29, 0.717) is 24.3 Å². The van der Waals surface area contributed by atoms with Crippen molar-refractivity contribution in [1.29, 1.82) is 0 Å². The second kappa shape index (κ2) is 6.69. The Morgan fingerprint density at radius 1 is 1.36 bits per heavy atom. The van der Waals surface area contributed by atoms with Crippen molar-refractivity contribution < 1.29 is 14.7 Å². The van der Waals surface area contributed by atoms with Crippen molar-refractivity contribution in [2.24, 2.45) is 11.3 Å². The monoisotopic (exact) mass is 323 g/mol. The number of aliphatic carboxylic acids is 1. The summed E-state index contributed by atoms with van der Waals surface area (Å²) >= 11 is 5.98. The first kappa shape index (κ1) is 16.8. The molecule has 0 saturated heterocycles. The number of halogens is 1. The predicted octanol–water partition coefficient (Wildman–Crippen LogP) is 3.28. The number of carbonyl (C=O) groups is 2. The average Bonchev–Trinajstić information content (AvgIpc) is 2.87. The molecule has 1 fully saturated rings. The predicted molar refractivity (Wildman–Crippen MR) is 85.8 cm³/mol. The van der Waals surface area contributed by atoms with Crippen LogP contribution in [-0.4, -0.2) is 23.0 Å². The summed E-state index contributed by atoms with van der Waals surface area (Å²) < 4.78 is 0. The van der Waals surface area contributed by atoms with Gasteiger partial charge >= 0.3 is 5.97 Å². The quantitative estimate of drug-likeness (QED) is 0.874. The highest BCUT2D eigenvalue weighted by molar-refractivity contribution is 6.30. The smallest absolute Gasteiger partial charge is 0.306 e. The first-order chi connectivity index (χ1) is 10.3. The SMILES string of the molecule is CC(C)(Cc1cccc(Cl)c1)C(=O)N[C@H]1CC[C@@H](C(=O)O)C1. The van der Waals surface area contributed by atoms with E-state index in [1.807, 2.05) is 38.1 Å². The van der Waals surface area contributed by atoms with Crippen LogP contribution in [0.25, 0.3) is 0 Å². The van der Waals surface area contributed by atoms with Gasteiger partial charge in [0.1, 0.15) is 0 Å². The number of hydrogen-bond acceptors (Lipinski definition) is 2. The summed E-state index contributed by atoms with van der Waals surface area (Å²) in [4.78, 5) is 23.5. The Labute approximate surface area is 135 Å². The van der Waals surface area contributed by atoms with Gasteiger partial charge in [0.05, 0.1) is 5.92 Å². The maximum atomic E-state index is 12.5. The summed E-state index contributed by atoms with van der Waals surface area (Å²) in [6, 6.07) is 7.47. The van der Waals surface area contributed by atoms with Crippen LogP contribution in [0, 0.1) is 11.3 Å². The van der Waals surface area contributed by atoms with Crippen LogP contribution in [0.2, 0.25) is 5.02 Å². The Hall–Kier alpha value is -1.55. The Bertz CT molecular complexity index is 571. The van der Waals surface area contributed by atoms with E-state index in [-0.39, 0.29) is 17.9 Å². The van der Waals surface area contributed by atoms with E-state index in [4.69, 9.17) is 16.7 Å². The number of carbonyl (C=O) groups excluding carboxylic acids is 1. The molecule has 0 aromatic heterocycles. The lowest BCUT2D eigenvalue weighted by Gasteiger charge is -2.26. The molecule has 2 atom stereocenters. The topological polar surface area (TPSA) is 66.4 Å². The lowest BCUT2D eigenvalue weighted by Crippen LogP contribution is -2.43. The fourth-order valence-electron chi connectivity index (χ4n) is 2.96. The van der Waals surface area contributed by atoms with Crippen LogP contribution in [-0.2, 0) is 16.0 Å². The normalized spacial score (nSPS) is 21.6. The molecule has 0 aliphatic heterocycles. The molecule has 1 saturated carbocycles. The third-order valence-electron chi connectivity index (χ3n) is 4.27. The third kappa shape index (κ3) is 4.23. The highest BCUT2D eigenvalue weighted by atomic mass is 35.5. The number of nitrogens with one attached hydrogen (secondary N) is 1. The second-order valence-corrected chi connectivity index (χ2v) is 7.15. The van der Waals surface area contributed by atoms with Crippen molar-refractivity contribution in [1.82, 2.24) is 5.32 Å². The molecule has 4 nitrogen and oxygen atoms in total. The molecule has 0 heterocycles. The van der Waals surface area contributed by atoms with E-state index in [2.05, 4.69) is 5.32 Å². The number of carboxylic acids is 1. The minimum absolute atomic E-state index is 0.0350. The van der Waals surface area contributed by atoms with Gasteiger partial charge in [-0.25, -0.2) is 0 Å². The first-order valence-corrected chi connectivity index (χ1v) is 7.94. The van der Waals surface area contributed by atoms with Gasteiger partial charge < -0.3 is 10.4 Å². The van der Waals surface area contributed by atoms with Crippen LogP contribution in [0.15, 0.2) is 24.3 Å². The third-order valence-corrected chi connectivity index (χ3v) is 4.50. The van der Waals surface area contributed by atoms with Gasteiger partial charge in [-0.2, -0.15) is 0 Å². The van der Waals surface area contributed by atoms with E-state index < -0.39 is 11.4 Å². The molecule has 1 amide bonds. The van der Waals surface area contributed by atoms with Crippen molar-refractivity contribution in [2.45, 2.75) is 45.6 Å². The first-order valence-electron chi connectivity index (χ1n) is 7.56. The Balaban J connectivity index is 1.94. The Morgan fingerprint density at radius 3 is 2.68 bits per heavy atom. The zero-order chi connectivity index (χ0) is 16.3. The molecule has 22 heavy (non-hydrogen) atoms. The number of rotatable bonds is 5. The molecule has 1 aromatic rings. The molecule has 5 heteroatoms. The maximum Gasteiger partial charge on any atom is 0.306 e. The van der Waals surface area contributed by atoms with Crippen LogP contribution in [0.5, 0.6) is 0 Å². The molecular formula is C17H22ClNO3. The fraction of sp³-hybridized carbons (Fsp3) is 0.529. The zero-order valence-electron chi connectivity index (χ0n) is 12.9. The van der Waals surface area contributed by atoms with Crippen LogP contribution >= 0.6 is 11.6 Å². The second-order valence-electron chi connectivity index (χ2n) is 6.71. The summed E-state index contributed by atoms with van der Waals surface area (Å²) in [6.45, 7) is 3.79. The van der Waals surface area contributed by atoms with Crippen molar-refractivity contribution in [3.05, 3.63) is 34.9 Å². The Kier molecular flexibility index (Phi) is 5.12. The van der Waals surface area contributed by atoms with Crippen LogP contribution in [0.4, 0.5) is 0 Å². The van der Waals surface area contributed by atoms with Crippen LogP contribution < -0.4 is 5.32 Å². The minimum Gasteiger partial charge on any atom is -0.481 e. The molecule has 1 aliphatic carbocycles. The molecule has 1 aliphatic rings. The van der Waals surface area contributed by atoms with E-state index in [1.165, 1.54) is 0 Å². The highest BCUT2D eigenvalue weighted by Gasteiger charge is 2.34. The van der Waals surface area contributed by atoms with Gasteiger partial charge in [-0.1, -0.05) is 37.6 Å². The molecular weight excluding hydrogens is 302 g/mol. The zero-order valence-corrected chi connectivity index (χ0v) is 13.7. The Morgan fingerprint density at radius 2 is 2.09 bits per heavy atom.